The van der Waals surface area contributed by atoms with E-state index in [1.165, 1.54) is 0 Å². The van der Waals surface area contributed by atoms with Gasteiger partial charge in [0.1, 0.15) is 23.3 Å². The van der Waals surface area contributed by atoms with Crippen LogP contribution in [0.15, 0.2) is 42.7 Å². The summed E-state index contributed by atoms with van der Waals surface area (Å²) in [5.74, 6) is 1.34. The highest BCUT2D eigenvalue weighted by molar-refractivity contribution is 7.15. The Bertz CT molecular complexity index is 987. The summed E-state index contributed by atoms with van der Waals surface area (Å²) in [5, 5.41) is 4.18. The molecule has 1 aliphatic heterocycles. The Hall–Kier alpha value is -2.80. The zero-order valence-corrected chi connectivity index (χ0v) is 16.0. The minimum Gasteiger partial charge on any atom is -0.465 e. The van der Waals surface area contributed by atoms with Gasteiger partial charge in [-0.1, -0.05) is 13.0 Å². The Morgan fingerprint density at radius 2 is 2.15 bits per heavy atom. The Kier molecular flexibility index (Phi) is 4.61. The van der Waals surface area contributed by atoms with Gasteiger partial charge in [-0.2, -0.15) is 0 Å². The first-order chi connectivity index (χ1) is 13.1. The minimum atomic E-state index is -0.304. The van der Waals surface area contributed by atoms with Gasteiger partial charge in [-0.25, -0.2) is 15.0 Å². The van der Waals surface area contributed by atoms with E-state index in [1.54, 1.807) is 17.5 Å². The van der Waals surface area contributed by atoms with Gasteiger partial charge in [0.25, 0.3) is 0 Å². The Morgan fingerprint density at radius 1 is 1.26 bits per heavy atom. The van der Waals surface area contributed by atoms with Crippen LogP contribution in [0, 0.1) is 6.92 Å². The maximum Gasteiger partial charge on any atom is 0.306 e. The Morgan fingerprint density at radius 3 is 2.89 bits per heavy atom. The molecule has 1 saturated heterocycles. The molecule has 1 aliphatic rings. The van der Waals surface area contributed by atoms with Crippen molar-refractivity contribution in [2.75, 3.05) is 11.9 Å². The third kappa shape index (κ3) is 3.55. The van der Waals surface area contributed by atoms with E-state index in [1.807, 2.05) is 43.5 Å². The van der Waals surface area contributed by atoms with Crippen molar-refractivity contribution in [2.24, 2.45) is 0 Å². The van der Waals surface area contributed by atoms with E-state index in [9.17, 15) is 4.79 Å². The Labute approximate surface area is 161 Å². The van der Waals surface area contributed by atoms with Crippen molar-refractivity contribution in [3.05, 3.63) is 53.3 Å². The molecule has 0 aromatic carbocycles. The number of nitrogens with zero attached hydrogens (tertiary/aromatic N) is 3. The molecule has 3 aromatic rings. The van der Waals surface area contributed by atoms with Crippen molar-refractivity contribution in [3.63, 3.8) is 0 Å². The summed E-state index contributed by atoms with van der Waals surface area (Å²) in [7, 11) is 0. The number of esters is 1. The van der Waals surface area contributed by atoms with Gasteiger partial charge in [0.2, 0.25) is 0 Å². The number of carbonyl (C=O) groups is 1. The summed E-state index contributed by atoms with van der Waals surface area (Å²) < 4.78 is 5.22. The minimum absolute atomic E-state index is 0.149. The van der Waals surface area contributed by atoms with Gasteiger partial charge >= 0.3 is 5.97 Å². The fraction of sp³-hybridized carbons (Fsp3) is 0.300. The molecule has 0 unspecified atom stereocenters. The molecular formula is C20H20N4O2S. The smallest absolute Gasteiger partial charge is 0.306 e. The average Bonchev–Trinajstić information content (AvgIpc) is 3.30. The maximum atomic E-state index is 11.6. The first-order valence-corrected chi connectivity index (χ1v) is 9.69. The van der Waals surface area contributed by atoms with E-state index in [2.05, 4.69) is 22.2 Å². The van der Waals surface area contributed by atoms with Crippen LogP contribution in [0.4, 0.5) is 11.6 Å². The second-order valence-electron chi connectivity index (χ2n) is 6.75. The molecule has 0 spiro atoms. The fourth-order valence-corrected chi connectivity index (χ4v) is 4.26. The molecule has 1 N–H and O–H groups in total. The SMILES string of the molecule is CC[C@]1(c2ncc(-c3cccc(Nc4cc(C)ccn4)n3)s2)COC(=O)C1. The van der Waals surface area contributed by atoms with Crippen LogP contribution in [-0.4, -0.2) is 27.5 Å². The number of anilines is 2. The highest BCUT2D eigenvalue weighted by Crippen LogP contribution is 2.40. The second kappa shape index (κ2) is 7.08. The van der Waals surface area contributed by atoms with E-state index < -0.39 is 0 Å². The van der Waals surface area contributed by atoms with E-state index in [0.29, 0.717) is 13.0 Å². The predicted octanol–water partition coefficient (Wildman–Crippen LogP) is 4.25. The third-order valence-electron chi connectivity index (χ3n) is 4.80. The molecule has 6 nitrogen and oxygen atoms in total. The number of rotatable bonds is 5. The van der Waals surface area contributed by atoms with Gasteiger partial charge in [0, 0.05) is 12.4 Å². The molecule has 0 saturated carbocycles. The van der Waals surface area contributed by atoms with Crippen LogP contribution < -0.4 is 5.32 Å². The van der Waals surface area contributed by atoms with Crippen LogP contribution in [0.2, 0.25) is 0 Å². The standard InChI is InChI=1S/C20H20N4O2S/c1-3-20(10-18(25)26-12-20)19-22-11-15(27-19)14-5-4-6-16(23-14)24-17-9-13(2)7-8-21-17/h4-9,11H,3,10,12H2,1-2H3,(H,21,23,24)/t20-/m1/s1. The maximum absolute atomic E-state index is 11.6. The summed E-state index contributed by atoms with van der Waals surface area (Å²) >= 11 is 1.58. The molecule has 3 aromatic heterocycles. The number of nitrogens with one attached hydrogen (secondary N) is 1. The molecule has 138 valence electrons. The van der Waals surface area contributed by atoms with Crippen molar-refractivity contribution in [1.82, 2.24) is 15.0 Å². The van der Waals surface area contributed by atoms with Crippen LogP contribution in [0.3, 0.4) is 0 Å². The van der Waals surface area contributed by atoms with Gasteiger partial charge in [-0.05, 0) is 43.2 Å². The van der Waals surface area contributed by atoms with Crippen molar-refractivity contribution in [3.8, 4) is 10.6 Å². The van der Waals surface area contributed by atoms with Gasteiger partial charge in [0.15, 0.2) is 0 Å². The number of aromatic nitrogens is 3. The molecule has 0 bridgehead atoms. The summed E-state index contributed by atoms with van der Waals surface area (Å²) in [4.78, 5) is 26.2. The van der Waals surface area contributed by atoms with Crippen molar-refractivity contribution < 1.29 is 9.53 Å². The lowest BCUT2D eigenvalue weighted by molar-refractivity contribution is -0.137. The lowest BCUT2D eigenvalue weighted by Gasteiger charge is -2.20. The number of carbonyl (C=O) groups excluding carboxylic acids is 1. The highest BCUT2D eigenvalue weighted by atomic mass is 32.1. The number of pyridine rings is 2. The summed E-state index contributed by atoms with van der Waals surface area (Å²) in [5.41, 5.74) is 1.67. The fourth-order valence-electron chi connectivity index (χ4n) is 3.13. The third-order valence-corrected chi connectivity index (χ3v) is 6.07. The quantitative estimate of drug-likeness (QED) is 0.667. The molecular weight excluding hydrogens is 360 g/mol. The molecule has 0 radical (unpaired) electrons. The summed E-state index contributed by atoms with van der Waals surface area (Å²) in [6, 6.07) is 9.75. The lowest BCUT2D eigenvalue weighted by atomic mass is 9.85. The van der Waals surface area contributed by atoms with Crippen molar-refractivity contribution in [2.45, 2.75) is 32.1 Å². The number of hydrogen-bond acceptors (Lipinski definition) is 7. The van der Waals surface area contributed by atoms with Gasteiger partial charge in [-0.3, -0.25) is 4.79 Å². The summed E-state index contributed by atoms with van der Waals surface area (Å²) in [6.07, 6.45) is 4.81. The van der Waals surface area contributed by atoms with Crippen molar-refractivity contribution in [1.29, 1.82) is 0 Å². The first-order valence-electron chi connectivity index (χ1n) is 8.87. The molecule has 1 atom stereocenters. The van der Waals surface area contributed by atoms with Crippen LogP contribution in [0.25, 0.3) is 10.6 Å². The molecule has 4 heterocycles. The second-order valence-corrected chi connectivity index (χ2v) is 7.78. The predicted molar refractivity (Wildman–Crippen MR) is 105 cm³/mol. The largest absolute Gasteiger partial charge is 0.465 e. The number of hydrogen-bond donors (Lipinski definition) is 1. The molecule has 7 heteroatoms. The monoisotopic (exact) mass is 380 g/mol. The Balaban J connectivity index is 1.59. The van der Waals surface area contributed by atoms with Gasteiger partial charge in [0.05, 0.1) is 22.4 Å². The lowest BCUT2D eigenvalue weighted by Crippen LogP contribution is -2.25. The zero-order chi connectivity index (χ0) is 18.9. The van der Waals surface area contributed by atoms with Crippen LogP contribution in [0.5, 0.6) is 0 Å². The van der Waals surface area contributed by atoms with E-state index in [-0.39, 0.29) is 11.4 Å². The number of ether oxygens (including phenoxy) is 1. The van der Waals surface area contributed by atoms with Crippen molar-refractivity contribution >= 4 is 28.9 Å². The van der Waals surface area contributed by atoms with Gasteiger partial charge < -0.3 is 10.1 Å². The van der Waals surface area contributed by atoms with Crippen LogP contribution in [-0.2, 0) is 14.9 Å². The topological polar surface area (TPSA) is 77.0 Å². The number of thiazole rings is 1. The van der Waals surface area contributed by atoms with E-state index in [4.69, 9.17) is 9.72 Å². The van der Waals surface area contributed by atoms with Gasteiger partial charge in [-0.15, -0.1) is 11.3 Å². The zero-order valence-electron chi connectivity index (χ0n) is 15.2. The van der Waals surface area contributed by atoms with E-state index >= 15 is 0 Å². The molecule has 0 amide bonds. The first kappa shape index (κ1) is 17.6. The molecule has 27 heavy (non-hydrogen) atoms. The molecule has 4 rings (SSSR count). The highest BCUT2D eigenvalue weighted by Gasteiger charge is 2.43. The number of aryl methyl sites for hydroxylation is 1. The summed E-state index contributed by atoms with van der Waals surface area (Å²) in [6.45, 7) is 4.50. The average molecular weight is 380 g/mol. The number of cyclic esters (lactones) is 1. The normalized spacial score (nSPS) is 19.1. The molecule has 1 fully saturated rings. The molecule has 0 aliphatic carbocycles. The van der Waals surface area contributed by atoms with Crippen LogP contribution in [0.1, 0.15) is 30.3 Å². The van der Waals surface area contributed by atoms with E-state index in [0.717, 1.165) is 39.2 Å². The van der Waals surface area contributed by atoms with Crippen LogP contribution >= 0.6 is 11.3 Å².